The molecule has 0 fully saturated rings. The number of hydrogen-bond donors (Lipinski definition) is 0. The van der Waals surface area contributed by atoms with Crippen molar-refractivity contribution in [2.75, 3.05) is 0 Å². The van der Waals surface area contributed by atoms with Gasteiger partial charge >= 0.3 is 0 Å². The van der Waals surface area contributed by atoms with Gasteiger partial charge in [-0.2, -0.15) is 0 Å². The van der Waals surface area contributed by atoms with Gasteiger partial charge in [-0.3, -0.25) is 0 Å². The van der Waals surface area contributed by atoms with Gasteiger partial charge in [-0.25, -0.2) is 0 Å². The molecule has 0 saturated heterocycles. The molecule has 0 bridgehead atoms. The summed E-state index contributed by atoms with van der Waals surface area (Å²) >= 11 is 0. The molecule has 0 nitrogen and oxygen atoms in total. The predicted molar refractivity (Wildman–Crippen MR) is 113 cm³/mol. The molecular formula is C26H28. The second-order valence-corrected chi connectivity index (χ2v) is 7.82. The number of fused-ring (bicyclic) bond motifs is 1. The summed E-state index contributed by atoms with van der Waals surface area (Å²) in [6.07, 6.45) is 19.6. The van der Waals surface area contributed by atoms with E-state index >= 15 is 0 Å². The van der Waals surface area contributed by atoms with Crippen LogP contribution in [-0.2, 0) is 6.42 Å². The molecule has 132 valence electrons. The van der Waals surface area contributed by atoms with Gasteiger partial charge in [0.25, 0.3) is 0 Å². The number of allylic oxidation sites excluding steroid dienone is 11. The third kappa shape index (κ3) is 3.21. The third-order valence-corrected chi connectivity index (χ3v) is 6.08. The highest BCUT2D eigenvalue weighted by atomic mass is 14.3. The number of aryl methyl sites for hydroxylation is 1. The van der Waals surface area contributed by atoms with Crippen LogP contribution in [-0.4, -0.2) is 0 Å². The molecule has 3 aliphatic carbocycles. The first-order valence-electron chi connectivity index (χ1n) is 9.88. The Morgan fingerprint density at radius 1 is 1.08 bits per heavy atom. The number of benzene rings is 1. The SMILES string of the molecule is C=C1CC2C=CC(C)=CC2C=CC=C1C1CC=C1c1ccc(CC)cc1. The topological polar surface area (TPSA) is 0 Å². The van der Waals surface area contributed by atoms with Crippen molar-refractivity contribution in [3.05, 3.63) is 101 Å². The Balaban J connectivity index is 1.58. The van der Waals surface area contributed by atoms with Crippen LogP contribution in [0.1, 0.15) is 37.8 Å². The molecule has 0 spiro atoms. The molecule has 0 heteroatoms. The molecule has 0 N–H and O–H groups in total. The first-order valence-corrected chi connectivity index (χ1v) is 9.88. The lowest BCUT2D eigenvalue weighted by atomic mass is 9.70. The summed E-state index contributed by atoms with van der Waals surface area (Å²) in [5.74, 6) is 1.55. The molecule has 0 heterocycles. The fourth-order valence-corrected chi connectivity index (χ4v) is 4.36. The standard InChI is InChI=1S/C26H28/c1-4-20-9-12-21(13-10-20)25-14-15-26(25)24-7-5-6-22-16-18(2)8-11-23(22)17-19(24)3/h5-14,16,22-23,26H,3-4,15,17H2,1-2H3. The second kappa shape index (κ2) is 7.11. The summed E-state index contributed by atoms with van der Waals surface area (Å²) < 4.78 is 0. The maximum Gasteiger partial charge on any atom is 0.0129 e. The monoisotopic (exact) mass is 340 g/mol. The fraction of sp³-hybridized carbons (Fsp3) is 0.308. The zero-order valence-electron chi connectivity index (χ0n) is 15.9. The largest absolute Gasteiger partial charge is 0.0955 e. The maximum absolute atomic E-state index is 4.48. The average Bonchev–Trinajstić information content (AvgIpc) is 2.61. The molecule has 1 aromatic carbocycles. The van der Waals surface area contributed by atoms with E-state index in [1.807, 2.05) is 0 Å². The van der Waals surface area contributed by atoms with Gasteiger partial charge in [0.05, 0.1) is 0 Å². The Labute approximate surface area is 158 Å². The second-order valence-electron chi connectivity index (χ2n) is 7.82. The molecule has 1 aromatic rings. The van der Waals surface area contributed by atoms with Crippen molar-refractivity contribution in [3.63, 3.8) is 0 Å². The zero-order chi connectivity index (χ0) is 18.1. The molecule has 0 radical (unpaired) electrons. The van der Waals surface area contributed by atoms with Crippen molar-refractivity contribution < 1.29 is 0 Å². The van der Waals surface area contributed by atoms with Crippen molar-refractivity contribution in [1.29, 1.82) is 0 Å². The Bertz CT molecular complexity index is 852. The highest BCUT2D eigenvalue weighted by Gasteiger charge is 2.29. The maximum atomic E-state index is 4.48. The van der Waals surface area contributed by atoms with E-state index < -0.39 is 0 Å². The van der Waals surface area contributed by atoms with Crippen LogP contribution in [0, 0.1) is 17.8 Å². The molecule has 0 saturated carbocycles. The van der Waals surface area contributed by atoms with Crippen LogP contribution in [0.4, 0.5) is 0 Å². The van der Waals surface area contributed by atoms with Crippen LogP contribution < -0.4 is 0 Å². The lowest BCUT2D eigenvalue weighted by Crippen LogP contribution is -2.19. The summed E-state index contributed by atoms with van der Waals surface area (Å²) in [4.78, 5) is 0. The summed E-state index contributed by atoms with van der Waals surface area (Å²) in [6, 6.07) is 9.09. The van der Waals surface area contributed by atoms with Gasteiger partial charge in [-0.1, -0.05) is 91.4 Å². The molecule has 3 unspecified atom stereocenters. The smallest absolute Gasteiger partial charge is 0.0129 e. The third-order valence-electron chi connectivity index (χ3n) is 6.08. The molecule has 0 aromatic heterocycles. The first-order chi connectivity index (χ1) is 12.7. The van der Waals surface area contributed by atoms with E-state index in [0.29, 0.717) is 17.8 Å². The van der Waals surface area contributed by atoms with Gasteiger partial charge in [0.1, 0.15) is 0 Å². The molecule has 0 amide bonds. The van der Waals surface area contributed by atoms with Crippen LogP contribution in [0.5, 0.6) is 0 Å². The lowest BCUT2D eigenvalue weighted by Gasteiger charge is -2.34. The van der Waals surface area contributed by atoms with Crippen LogP contribution in [0.15, 0.2) is 90.1 Å². The minimum atomic E-state index is 0.501. The van der Waals surface area contributed by atoms with Crippen molar-refractivity contribution in [3.8, 4) is 0 Å². The zero-order valence-corrected chi connectivity index (χ0v) is 15.9. The van der Waals surface area contributed by atoms with Gasteiger partial charge in [0.2, 0.25) is 0 Å². The summed E-state index contributed by atoms with van der Waals surface area (Å²) in [6.45, 7) is 8.88. The van der Waals surface area contributed by atoms with Crippen molar-refractivity contribution in [1.82, 2.24) is 0 Å². The molecule has 3 atom stereocenters. The summed E-state index contributed by atoms with van der Waals surface area (Å²) in [5, 5.41) is 0. The first kappa shape index (κ1) is 17.1. The minimum absolute atomic E-state index is 0.501. The predicted octanol–water partition coefficient (Wildman–Crippen LogP) is 6.84. The van der Waals surface area contributed by atoms with Gasteiger partial charge in [0.15, 0.2) is 0 Å². The van der Waals surface area contributed by atoms with E-state index in [1.165, 1.54) is 33.4 Å². The molecule has 4 rings (SSSR count). The van der Waals surface area contributed by atoms with E-state index in [1.54, 1.807) is 0 Å². The van der Waals surface area contributed by atoms with Crippen molar-refractivity contribution in [2.45, 2.75) is 33.1 Å². The molecule has 26 heavy (non-hydrogen) atoms. The van der Waals surface area contributed by atoms with Gasteiger partial charge < -0.3 is 0 Å². The van der Waals surface area contributed by atoms with E-state index in [0.717, 1.165) is 19.3 Å². The normalized spacial score (nSPS) is 27.5. The van der Waals surface area contributed by atoms with E-state index in [2.05, 4.69) is 87.2 Å². The lowest BCUT2D eigenvalue weighted by molar-refractivity contribution is 0.537. The van der Waals surface area contributed by atoms with Crippen molar-refractivity contribution in [2.24, 2.45) is 17.8 Å². The van der Waals surface area contributed by atoms with Gasteiger partial charge in [-0.05, 0) is 54.4 Å². The Kier molecular flexibility index (Phi) is 4.68. The van der Waals surface area contributed by atoms with E-state index in [9.17, 15) is 0 Å². The van der Waals surface area contributed by atoms with Gasteiger partial charge in [0, 0.05) is 11.8 Å². The highest BCUT2D eigenvalue weighted by molar-refractivity contribution is 5.76. The summed E-state index contributed by atoms with van der Waals surface area (Å²) in [5.41, 5.74) is 8.35. The van der Waals surface area contributed by atoms with Crippen LogP contribution in [0.3, 0.4) is 0 Å². The number of rotatable bonds is 3. The van der Waals surface area contributed by atoms with E-state index in [-0.39, 0.29) is 0 Å². The van der Waals surface area contributed by atoms with E-state index in [4.69, 9.17) is 0 Å². The van der Waals surface area contributed by atoms with Crippen molar-refractivity contribution >= 4 is 5.57 Å². The fourth-order valence-electron chi connectivity index (χ4n) is 4.36. The highest BCUT2D eigenvalue weighted by Crippen LogP contribution is 2.45. The Morgan fingerprint density at radius 2 is 1.88 bits per heavy atom. The Morgan fingerprint density at radius 3 is 2.58 bits per heavy atom. The summed E-state index contributed by atoms with van der Waals surface area (Å²) in [7, 11) is 0. The molecular weight excluding hydrogens is 312 g/mol. The minimum Gasteiger partial charge on any atom is -0.0955 e. The quantitative estimate of drug-likeness (QED) is 0.565. The number of hydrogen-bond acceptors (Lipinski definition) is 0. The van der Waals surface area contributed by atoms with Crippen LogP contribution in [0.25, 0.3) is 5.57 Å². The van der Waals surface area contributed by atoms with Crippen LogP contribution >= 0.6 is 0 Å². The Hall–Kier alpha value is -2.34. The van der Waals surface area contributed by atoms with Crippen LogP contribution in [0.2, 0.25) is 0 Å². The van der Waals surface area contributed by atoms with Gasteiger partial charge in [-0.15, -0.1) is 0 Å². The average molecular weight is 341 g/mol. The molecule has 3 aliphatic rings. The molecule has 0 aliphatic heterocycles.